The van der Waals surface area contributed by atoms with Gasteiger partial charge in [-0.2, -0.15) is 0 Å². The number of alkyl carbamates (subject to hydrolysis) is 1. The molecule has 0 radical (unpaired) electrons. The highest BCUT2D eigenvalue weighted by atomic mass is 32.1. The minimum absolute atomic E-state index is 0.161. The number of hydrogen-bond acceptors (Lipinski definition) is 10. The van der Waals surface area contributed by atoms with Crippen LogP contribution < -0.4 is 27.4 Å². The molecule has 12 heteroatoms. The van der Waals surface area contributed by atoms with E-state index in [9.17, 15) is 14.7 Å². The smallest absolute Gasteiger partial charge is 0.408 e. The maximum Gasteiger partial charge on any atom is 0.408 e. The third-order valence-electron chi connectivity index (χ3n) is 6.45. The van der Waals surface area contributed by atoms with Crippen molar-refractivity contribution in [2.45, 2.75) is 84.1 Å². The number of hydrogen-bond donors (Lipinski definition) is 6. The number of carbonyl (C=O) groups excluding carboxylic acids is 2. The van der Waals surface area contributed by atoms with Gasteiger partial charge in [-0.3, -0.25) is 4.79 Å². The Balaban J connectivity index is 1.37. The lowest BCUT2D eigenvalue weighted by Gasteiger charge is -2.22. The van der Waals surface area contributed by atoms with Crippen LogP contribution in [0, 0.1) is 0 Å². The Kier molecular flexibility index (Phi) is 13.4. The van der Waals surface area contributed by atoms with Gasteiger partial charge in [0.15, 0.2) is 0 Å². The number of benzene rings is 2. The van der Waals surface area contributed by atoms with Gasteiger partial charge >= 0.3 is 6.09 Å². The van der Waals surface area contributed by atoms with Crippen LogP contribution in [0.25, 0.3) is 0 Å². The van der Waals surface area contributed by atoms with Crippen LogP contribution in [-0.2, 0) is 28.8 Å². The lowest BCUT2D eigenvalue weighted by atomic mass is 10.0. The molecule has 3 aromatic rings. The van der Waals surface area contributed by atoms with Gasteiger partial charge in [0.05, 0.1) is 18.3 Å². The van der Waals surface area contributed by atoms with E-state index in [4.69, 9.17) is 16.2 Å². The summed E-state index contributed by atoms with van der Waals surface area (Å²) in [6.07, 6.45) is 5.81. The number of nitrogens with zero attached hydrogens (tertiary/aromatic N) is 2. The molecule has 0 aliphatic carbocycles. The summed E-state index contributed by atoms with van der Waals surface area (Å²) in [6, 6.07) is 16.9. The number of unbranched alkanes of at least 4 members (excludes halogenated alkanes) is 1. The monoisotopic (exact) mass is 635 g/mol. The number of aromatic nitrogens is 2. The zero-order valence-electron chi connectivity index (χ0n) is 26.4. The predicted molar refractivity (Wildman–Crippen MR) is 178 cm³/mol. The van der Waals surface area contributed by atoms with Crippen LogP contribution in [0.1, 0.15) is 74.7 Å². The molecule has 45 heavy (non-hydrogen) atoms. The van der Waals surface area contributed by atoms with Crippen LogP contribution in [0.2, 0.25) is 0 Å². The van der Waals surface area contributed by atoms with E-state index in [-0.39, 0.29) is 18.4 Å². The van der Waals surface area contributed by atoms with Gasteiger partial charge in [0.2, 0.25) is 11.0 Å². The molecule has 0 saturated carbocycles. The fourth-order valence-corrected chi connectivity index (χ4v) is 5.11. The van der Waals surface area contributed by atoms with Crippen molar-refractivity contribution in [2.75, 3.05) is 5.32 Å². The molecular formula is C33H45N7O4S. The highest BCUT2D eigenvalue weighted by Gasteiger charge is 2.19. The number of aliphatic hydroxyl groups is 1. The van der Waals surface area contributed by atoms with Gasteiger partial charge in [-0.25, -0.2) is 4.79 Å². The van der Waals surface area contributed by atoms with Crippen molar-refractivity contribution in [3.05, 3.63) is 100.0 Å². The Morgan fingerprint density at radius 1 is 1.00 bits per heavy atom. The van der Waals surface area contributed by atoms with Crippen molar-refractivity contribution in [3.63, 3.8) is 0 Å². The predicted octanol–water partition coefficient (Wildman–Crippen LogP) is 4.81. The Bertz CT molecular complexity index is 1450. The summed E-state index contributed by atoms with van der Waals surface area (Å²) in [4.78, 5) is 24.8. The van der Waals surface area contributed by atoms with E-state index in [1.165, 1.54) is 11.3 Å². The van der Waals surface area contributed by atoms with Crippen LogP contribution in [0.4, 0.5) is 9.93 Å². The quantitative estimate of drug-likeness (QED) is 0.0777. The van der Waals surface area contributed by atoms with Crippen LogP contribution >= 0.6 is 11.3 Å². The average molecular weight is 636 g/mol. The van der Waals surface area contributed by atoms with Crippen LogP contribution in [0.3, 0.4) is 0 Å². The number of aliphatic hydroxyl groups excluding tert-OH is 1. The molecule has 2 amide bonds. The summed E-state index contributed by atoms with van der Waals surface area (Å²) in [5.41, 5.74) is 14.9. The Labute approximate surface area is 269 Å². The third-order valence-corrected chi connectivity index (χ3v) is 7.35. The van der Waals surface area contributed by atoms with E-state index in [0.29, 0.717) is 29.5 Å². The van der Waals surface area contributed by atoms with Gasteiger partial charge in [0.1, 0.15) is 16.8 Å². The fraction of sp³-hybridized carbons (Fsp3) is 0.394. The van der Waals surface area contributed by atoms with Crippen molar-refractivity contribution in [1.82, 2.24) is 20.8 Å². The number of allylic oxidation sites excluding steroid dienone is 3. The number of nitrogens with two attached hydrogens (primary N) is 2. The largest absolute Gasteiger partial charge is 0.444 e. The zero-order valence-corrected chi connectivity index (χ0v) is 27.2. The van der Waals surface area contributed by atoms with Crippen LogP contribution in [0.5, 0.6) is 0 Å². The number of carbonyl (C=O) groups is 2. The molecule has 2 atom stereocenters. The lowest BCUT2D eigenvalue weighted by molar-refractivity contribution is -0.115. The van der Waals surface area contributed by atoms with E-state index in [0.717, 1.165) is 41.0 Å². The summed E-state index contributed by atoms with van der Waals surface area (Å²) in [7, 11) is 0. The molecule has 0 fully saturated rings. The highest BCUT2D eigenvalue weighted by Crippen LogP contribution is 2.20. The van der Waals surface area contributed by atoms with E-state index < -0.39 is 17.9 Å². The first-order chi connectivity index (χ1) is 21.4. The topological polar surface area (TPSA) is 178 Å². The summed E-state index contributed by atoms with van der Waals surface area (Å²) in [5.74, 6) is 0.136. The molecule has 8 N–H and O–H groups in total. The van der Waals surface area contributed by atoms with Gasteiger partial charge in [0, 0.05) is 18.5 Å². The number of nitrogens with one attached hydrogen (secondary N) is 3. The van der Waals surface area contributed by atoms with Gasteiger partial charge < -0.3 is 37.3 Å². The number of rotatable bonds is 15. The third kappa shape index (κ3) is 13.8. The molecule has 0 aliphatic rings. The van der Waals surface area contributed by atoms with Crippen LogP contribution in [0.15, 0.2) is 78.3 Å². The molecule has 3 rings (SSSR count). The second-order valence-corrected chi connectivity index (χ2v) is 12.8. The van der Waals surface area contributed by atoms with E-state index in [1.807, 2.05) is 82.3 Å². The van der Waals surface area contributed by atoms with Gasteiger partial charge in [-0.15, -0.1) is 10.2 Å². The van der Waals surface area contributed by atoms with Gasteiger partial charge in [0.25, 0.3) is 0 Å². The maximum atomic E-state index is 12.7. The minimum Gasteiger partial charge on any atom is -0.444 e. The van der Waals surface area contributed by atoms with E-state index in [1.54, 1.807) is 12.2 Å². The Morgan fingerprint density at radius 2 is 1.73 bits per heavy atom. The second kappa shape index (κ2) is 17.2. The highest BCUT2D eigenvalue weighted by molar-refractivity contribution is 7.15. The first-order valence-electron chi connectivity index (χ1n) is 15.0. The maximum absolute atomic E-state index is 12.7. The SMILES string of the molecule is CC(NC(=O)OC(C)(C)C)c1cccc(CC(=O)Nc2nnc(CCCC/C(N)=C/C=C(\N)NC(O)Cc3ccccc3)s2)c1. The molecule has 2 aromatic carbocycles. The summed E-state index contributed by atoms with van der Waals surface area (Å²) in [5, 5.41) is 28.3. The lowest BCUT2D eigenvalue weighted by Crippen LogP contribution is -2.34. The average Bonchev–Trinajstić information content (AvgIpc) is 3.40. The van der Waals surface area contributed by atoms with Crippen molar-refractivity contribution in [1.29, 1.82) is 0 Å². The summed E-state index contributed by atoms with van der Waals surface area (Å²) in [6.45, 7) is 7.30. The van der Waals surface area contributed by atoms with Crippen molar-refractivity contribution >= 4 is 28.5 Å². The molecule has 0 aliphatic heterocycles. The molecule has 242 valence electrons. The number of anilines is 1. The standard InChI is InChI=1S/C33H45N7O4S/c1-22(36-32(43)44-33(2,3)4)25-14-10-13-24(19-25)21-29(42)38-31-40-39-30(45-31)16-9-8-15-26(34)17-18-27(35)37-28(41)20-23-11-6-5-7-12-23/h5-7,10-14,17-19,22,28,37,41H,8-9,15-16,20-21,34-35H2,1-4H3,(H,36,43)(H,38,40,42)/b26-17-,27-18+. The molecule has 0 saturated heterocycles. The van der Waals surface area contributed by atoms with Crippen molar-refractivity contribution in [2.24, 2.45) is 11.5 Å². The normalized spacial score (nSPS) is 13.5. The molecular weight excluding hydrogens is 590 g/mol. The molecule has 2 unspecified atom stereocenters. The Morgan fingerprint density at radius 3 is 2.47 bits per heavy atom. The van der Waals surface area contributed by atoms with Gasteiger partial charge in [-0.1, -0.05) is 65.9 Å². The first kappa shape index (κ1) is 35.1. The van der Waals surface area contributed by atoms with Crippen LogP contribution in [-0.4, -0.2) is 39.1 Å². The van der Waals surface area contributed by atoms with Crippen molar-refractivity contribution < 1.29 is 19.4 Å². The molecule has 1 heterocycles. The number of ether oxygens (including phenoxy) is 1. The molecule has 0 bridgehead atoms. The first-order valence-corrected chi connectivity index (χ1v) is 15.8. The summed E-state index contributed by atoms with van der Waals surface area (Å²) >= 11 is 1.35. The van der Waals surface area contributed by atoms with E-state index in [2.05, 4.69) is 26.1 Å². The summed E-state index contributed by atoms with van der Waals surface area (Å²) < 4.78 is 5.33. The number of amides is 2. The Hall–Kier alpha value is -4.42. The molecule has 11 nitrogen and oxygen atoms in total. The number of aryl methyl sites for hydroxylation is 1. The minimum atomic E-state index is -0.797. The molecule has 0 spiro atoms. The van der Waals surface area contributed by atoms with Crippen molar-refractivity contribution in [3.8, 4) is 0 Å². The van der Waals surface area contributed by atoms with E-state index >= 15 is 0 Å². The van der Waals surface area contributed by atoms with Gasteiger partial charge in [-0.05, 0) is 75.8 Å². The second-order valence-electron chi connectivity index (χ2n) is 11.8. The zero-order chi connectivity index (χ0) is 32.8. The molecule has 1 aromatic heterocycles. The fourth-order valence-electron chi connectivity index (χ4n) is 4.31.